The Bertz CT molecular complexity index is 837. The van der Waals surface area contributed by atoms with Crippen LogP contribution in [0.1, 0.15) is 38.1 Å². The molecule has 2 aromatic carbocycles. The highest BCUT2D eigenvalue weighted by Gasteiger charge is 2.16. The van der Waals surface area contributed by atoms with Crippen LogP contribution >= 0.6 is 0 Å². The lowest BCUT2D eigenvalue weighted by molar-refractivity contribution is -0.125. The number of esters is 1. The topological polar surface area (TPSA) is 83.1 Å². The Morgan fingerprint density at radius 1 is 0.903 bits per heavy atom. The van der Waals surface area contributed by atoms with E-state index >= 15 is 0 Å². The van der Waals surface area contributed by atoms with Crippen LogP contribution in [0.4, 0.5) is 0 Å². The molecule has 0 aliphatic carbocycles. The molecule has 2 rings (SSSR count). The Morgan fingerprint density at radius 3 is 2.29 bits per heavy atom. The average Bonchev–Trinajstić information content (AvgIpc) is 2.76. The van der Waals surface area contributed by atoms with E-state index in [4.69, 9.17) is 18.9 Å². The fourth-order valence-electron chi connectivity index (χ4n) is 2.53. The van der Waals surface area contributed by atoms with Gasteiger partial charge in [0, 0.05) is 6.04 Å². The summed E-state index contributed by atoms with van der Waals surface area (Å²) < 4.78 is 22.1. The number of hydrogen-bond donors (Lipinski definition) is 1. The van der Waals surface area contributed by atoms with E-state index in [2.05, 4.69) is 5.32 Å². The number of carbonyl (C=O) groups excluding carboxylic acids is 2. The van der Waals surface area contributed by atoms with E-state index in [9.17, 15) is 9.59 Å². The summed E-state index contributed by atoms with van der Waals surface area (Å²) in [6.45, 7) is 8.50. The molecule has 0 fully saturated rings. The SMILES string of the molecule is CCOc1cc(C(=O)OCC(=O)NC(C)C(C)C)ccc1OCCOc1ccccc1. The van der Waals surface area contributed by atoms with Crippen molar-refractivity contribution in [2.75, 3.05) is 26.4 Å². The molecule has 0 radical (unpaired) electrons. The molecule has 1 amide bonds. The molecule has 7 heteroatoms. The summed E-state index contributed by atoms with van der Waals surface area (Å²) in [7, 11) is 0. The van der Waals surface area contributed by atoms with Gasteiger partial charge in [-0.1, -0.05) is 32.0 Å². The van der Waals surface area contributed by atoms with Crippen LogP contribution in [0.5, 0.6) is 17.2 Å². The Balaban J connectivity index is 1.89. The molecule has 1 atom stereocenters. The van der Waals surface area contributed by atoms with E-state index in [1.54, 1.807) is 18.2 Å². The fourth-order valence-corrected chi connectivity index (χ4v) is 2.53. The first-order valence-electron chi connectivity index (χ1n) is 10.4. The van der Waals surface area contributed by atoms with Gasteiger partial charge in [-0.05, 0) is 50.1 Å². The van der Waals surface area contributed by atoms with Crippen LogP contribution in [0.25, 0.3) is 0 Å². The molecule has 1 N–H and O–H groups in total. The number of hydrogen-bond acceptors (Lipinski definition) is 6. The van der Waals surface area contributed by atoms with Crippen LogP contribution in [-0.2, 0) is 9.53 Å². The van der Waals surface area contributed by atoms with E-state index in [1.165, 1.54) is 0 Å². The largest absolute Gasteiger partial charge is 0.490 e. The molecule has 0 spiro atoms. The van der Waals surface area contributed by atoms with E-state index in [-0.39, 0.29) is 24.1 Å². The predicted molar refractivity (Wildman–Crippen MR) is 118 cm³/mol. The number of carbonyl (C=O) groups is 2. The van der Waals surface area contributed by atoms with Crippen LogP contribution in [0.3, 0.4) is 0 Å². The maximum absolute atomic E-state index is 12.3. The average molecular weight is 430 g/mol. The molecule has 0 bridgehead atoms. The van der Waals surface area contributed by atoms with Crippen molar-refractivity contribution in [2.45, 2.75) is 33.7 Å². The van der Waals surface area contributed by atoms with Crippen LogP contribution in [0.15, 0.2) is 48.5 Å². The smallest absolute Gasteiger partial charge is 0.338 e. The van der Waals surface area contributed by atoms with Gasteiger partial charge in [-0.3, -0.25) is 4.79 Å². The third-order valence-corrected chi connectivity index (χ3v) is 4.56. The maximum Gasteiger partial charge on any atom is 0.338 e. The second kappa shape index (κ2) is 12.5. The first-order valence-corrected chi connectivity index (χ1v) is 10.4. The summed E-state index contributed by atoms with van der Waals surface area (Å²) in [6, 6.07) is 14.2. The van der Waals surface area contributed by atoms with Crippen molar-refractivity contribution in [1.82, 2.24) is 5.32 Å². The molecular formula is C24H31NO6. The molecule has 0 heterocycles. The fraction of sp³-hybridized carbons (Fsp3) is 0.417. The van der Waals surface area contributed by atoms with Gasteiger partial charge >= 0.3 is 5.97 Å². The molecule has 2 aromatic rings. The number of benzene rings is 2. The number of para-hydroxylation sites is 1. The van der Waals surface area contributed by atoms with Crippen molar-refractivity contribution in [2.24, 2.45) is 5.92 Å². The van der Waals surface area contributed by atoms with E-state index in [1.807, 2.05) is 58.0 Å². The molecular weight excluding hydrogens is 398 g/mol. The molecule has 0 aliphatic rings. The minimum atomic E-state index is -0.604. The highest BCUT2D eigenvalue weighted by Crippen LogP contribution is 2.29. The second-order valence-electron chi connectivity index (χ2n) is 7.28. The van der Waals surface area contributed by atoms with Gasteiger partial charge in [-0.25, -0.2) is 4.79 Å². The Hall–Kier alpha value is -3.22. The van der Waals surface area contributed by atoms with Crippen LogP contribution < -0.4 is 19.5 Å². The molecule has 168 valence electrons. The number of rotatable bonds is 12. The number of amides is 1. The Labute approximate surface area is 183 Å². The molecule has 31 heavy (non-hydrogen) atoms. The lowest BCUT2D eigenvalue weighted by Crippen LogP contribution is -2.38. The lowest BCUT2D eigenvalue weighted by atomic mass is 10.1. The predicted octanol–water partition coefficient (Wildman–Crippen LogP) is 3.86. The summed E-state index contributed by atoms with van der Waals surface area (Å²) in [5, 5.41) is 2.79. The molecule has 0 saturated carbocycles. The zero-order valence-corrected chi connectivity index (χ0v) is 18.6. The molecule has 0 saturated heterocycles. The van der Waals surface area contributed by atoms with Crippen molar-refractivity contribution in [3.05, 3.63) is 54.1 Å². The highest BCUT2D eigenvalue weighted by molar-refractivity contribution is 5.92. The van der Waals surface area contributed by atoms with Crippen LogP contribution in [0.2, 0.25) is 0 Å². The summed E-state index contributed by atoms with van der Waals surface area (Å²) in [6.07, 6.45) is 0. The number of nitrogens with one attached hydrogen (secondary N) is 1. The van der Waals surface area contributed by atoms with E-state index in [0.29, 0.717) is 37.2 Å². The van der Waals surface area contributed by atoms with Crippen LogP contribution in [-0.4, -0.2) is 44.3 Å². The van der Waals surface area contributed by atoms with Crippen molar-refractivity contribution < 1.29 is 28.5 Å². The number of ether oxygens (including phenoxy) is 4. The van der Waals surface area contributed by atoms with Crippen molar-refractivity contribution in [1.29, 1.82) is 0 Å². The molecule has 0 aliphatic heterocycles. The first-order chi connectivity index (χ1) is 14.9. The van der Waals surface area contributed by atoms with Crippen LogP contribution in [0, 0.1) is 5.92 Å². The van der Waals surface area contributed by atoms with Gasteiger partial charge in [-0.2, -0.15) is 0 Å². The molecule has 7 nitrogen and oxygen atoms in total. The van der Waals surface area contributed by atoms with Gasteiger partial charge in [0.2, 0.25) is 0 Å². The maximum atomic E-state index is 12.3. The van der Waals surface area contributed by atoms with Gasteiger partial charge in [0.25, 0.3) is 5.91 Å². The normalized spacial score (nSPS) is 11.5. The van der Waals surface area contributed by atoms with Crippen molar-refractivity contribution in [3.8, 4) is 17.2 Å². The van der Waals surface area contributed by atoms with E-state index < -0.39 is 5.97 Å². The van der Waals surface area contributed by atoms with Crippen molar-refractivity contribution in [3.63, 3.8) is 0 Å². The molecule has 0 aromatic heterocycles. The van der Waals surface area contributed by atoms with Crippen molar-refractivity contribution >= 4 is 11.9 Å². The zero-order chi connectivity index (χ0) is 22.6. The summed E-state index contributed by atoms with van der Waals surface area (Å²) in [4.78, 5) is 24.3. The summed E-state index contributed by atoms with van der Waals surface area (Å²) in [5.74, 6) is 1.04. The third kappa shape index (κ3) is 8.20. The second-order valence-corrected chi connectivity index (χ2v) is 7.28. The van der Waals surface area contributed by atoms with Gasteiger partial charge in [-0.15, -0.1) is 0 Å². The Kier molecular flexibility index (Phi) is 9.68. The van der Waals surface area contributed by atoms with E-state index in [0.717, 1.165) is 5.75 Å². The van der Waals surface area contributed by atoms with Gasteiger partial charge in [0.15, 0.2) is 18.1 Å². The van der Waals surface area contributed by atoms with Gasteiger partial charge in [0.05, 0.1) is 12.2 Å². The summed E-state index contributed by atoms with van der Waals surface area (Å²) >= 11 is 0. The van der Waals surface area contributed by atoms with Gasteiger partial charge < -0.3 is 24.3 Å². The first kappa shape index (κ1) is 24.1. The quantitative estimate of drug-likeness (QED) is 0.407. The standard InChI is InChI=1S/C24H31NO6/c1-5-28-22-15-19(24(27)31-16-23(26)25-18(4)17(2)3)11-12-21(22)30-14-13-29-20-9-7-6-8-10-20/h6-12,15,17-18H,5,13-14,16H2,1-4H3,(H,25,26). The molecule has 1 unspecified atom stereocenters. The highest BCUT2D eigenvalue weighted by atomic mass is 16.5. The monoisotopic (exact) mass is 429 g/mol. The zero-order valence-electron chi connectivity index (χ0n) is 18.6. The minimum Gasteiger partial charge on any atom is -0.490 e. The Morgan fingerprint density at radius 2 is 1.61 bits per heavy atom. The van der Waals surface area contributed by atoms with Gasteiger partial charge in [0.1, 0.15) is 19.0 Å². The third-order valence-electron chi connectivity index (χ3n) is 4.56. The lowest BCUT2D eigenvalue weighted by Gasteiger charge is -2.17. The summed E-state index contributed by atoms with van der Waals surface area (Å²) in [5.41, 5.74) is 0.279. The minimum absolute atomic E-state index is 0.00179.